The predicted octanol–water partition coefficient (Wildman–Crippen LogP) is 2.08. The molecule has 0 bridgehead atoms. The summed E-state index contributed by atoms with van der Waals surface area (Å²) in [4.78, 5) is 8.35. The van der Waals surface area contributed by atoms with Crippen molar-refractivity contribution >= 4 is 0 Å². The maximum atomic E-state index is 6.91. The van der Waals surface area contributed by atoms with Gasteiger partial charge in [-0.3, -0.25) is 15.9 Å². The summed E-state index contributed by atoms with van der Waals surface area (Å²) in [6, 6.07) is 9.31. The molecule has 0 saturated heterocycles. The van der Waals surface area contributed by atoms with E-state index in [0.29, 0.717) is 5.56 Å². The molecule has 0 amide bonds. The summed E-state index contributed by atoms with van der Waals surface area (Å²) in [5.74, 6) is 2.27. The summed E-state index contributed by atoms with van der Waals surface area (Å²) in [6.07, 6.45) is 10.3. The van der Waals surface area contributed by atoms with Crippen molar-refractivity contribution in [2.75, 3.05) is 0 Å². The quantitative estimate of drug-likeness (QED) is 0.433. The van der Waals surface area contributed by atoms with Crippen molar-refractivity contribution in [2.45, 2.75) is 0 Å². The van der Waals surface area contributed by atoms with Gasteiger partial charge in [-0.25, -0.2) is 0 Å². The molecule has 0 aromatic carbocycles. The zero-order chi connectivity index (χ0) is 9.80. The third-order valence-corrected chi connectivity index (χ3v) is 1.84. The van der Waals surface area contributed by atoms with Gasteiger partial charge in [0.05, 0.1) is 11.4 Å². The third kappa shape index (κ3) is 2.77. The summed E-state index contributed by atoms with van der Waals surface area (Å²) in [5.41, 5.74) is 2.32. The summed E-state index contributed by atoms with van der Waals surface area (Å²) in [5, 5.41) is 0. The zero-order valence-corrected chi connectivity index (χ0v) is 9.90. The van der Waals surface area contributed by atoms with Crippen LogP contribution in [0.1, 0.15) is 5.56 Å². The van der Waals surface area contributed by atoms with Crippen molar-refractivity contribution in [3.8, 4) is 17.3 Å². The molecule has 0 aliphatic rings. The number of hydrogen-bond acceptors (Lipinski definition) is 2. The van der Waals surface area contributed by atoms with Gasteiger partial charge in [-0.1, -0.05) is 12.1 Å². The van der Waals surface area contributed by atoms with Crippen LogP contribution in [-0.2, 0) is 22.4 Å². The predicted molar refractivity (Wildman–Crippen MR) is 53.7 cm³/mol. The van der Waals surface area contributed by atoms with Crippen molar-refractivity contribution in [3.05, 3.63) is 54.7 Å². The van der Waals surface area contributed by atoms with E-state index in [2.05, 4.69) is 15.9 Å². The van der Waals surface area contributed by atoms with Crippen molar-refractivity contribution in [2.24, 2.45) is 0 Å². The second-order valence-corrected chi connectivity index (χ2v) is 2.77. The minimum absolute atomic E-state index is 0. The Morgan fingerprint density at radius 1 is 1.00 bits per heavy atom. The van der Waals surface area contributed by atoms with Gasteiger partial charge in [-0.2, -0.15) is 0 Å². The number of rotatable bonds is 1. The first-order valence-electron chi connectivity index (χ1n) is 4.20. The van der Waals surface area contributed by atoms with Crippen LogP contribution in [0.3, 0.4) is 0 Å². The molecule has 0 atom stereocenters. The molecule has 2 rings (SSSR count). The van der Waals surface area contributed by atoms with E-state index in [4.69, 9.17) is 6.42 Å². The first-order valence-corrected chi connectivity index (χ1v) is 4.20. The summed E-state index contributed by atoms with van der Waals surface area (Å²) in [6.45, 7) is 0. The Bertz CT molecular complexity index is 457. The van der Waals surface area contributed by atoms with E-state index in [1.807, 2.05) is 24.3 Å². The van der Waals surface area contributed by atoms with Crippen LogP contribution in [0.15, 0.2) is 42.7 Å². The van der Waals surface area contributed by atoms with Crippen LogP contribution in [-0.4, -0.2) is 9.97 Å². The standard InChI is InChI=1S/C12H7N2.Au/c1-2-10-6-7-12(14-9-10)11-5-3-4-8-13-11;/h3-9H;/q-1;+1. The average Bonchev–Trinajstić information content (AvgIpc) is 2.30. The molecule has 76 valence electrons. The van der Waals surface area contributed by atoms with Gasteiger partial charge in [0, 0.05) is 6.20 Å². The maximum absolute atomic E-state index is 6.91. The molecule has 0 unspecified atom stereocenters. The van der Waals surface area contributed by atoms with Crippen LogP contribution in [0.2, 0.25) is 0 Å². The number of aromatic nitrogens is 2. The van der Waals surface area contributed by atoms with E-state index in [1.54, 1.807) is 18.5 Å². The van der Waals surface area contributed by atoms with Crippen LogP contribution < -0.4 is 0 Å². The molecule has 0 fully saturated rings. The Morgan fingerprint density at radius 3 is 2.33 bits per heavy atom. The van der Waals surface area contributed by atoms with Crippen LogP contribution in [0.4, 0.5) is 0 Å². The maximum Gasteiger partial charge on any atom is 1.00 e. The normalized spacial score (nSPS) is 8.73. The second kappa shape index (κ2) is 5.47. The zero-order valence-electron chi connectivity index (χ0n) is 7.74. The van der Waals surface area contributed by atoms with Gasteiger partial charge < -0.3 is 6.42 Å². The molecule has 2 nitrogen and oxygen atoms in total. The molecular weight excluding hydrogens is 369 g/mol. The fourth-order valence-corrected chi connectivity index (χ4v) is 1.13. The van der Waals surface area contributed by atoms with E-state index in [1.165, 1.54) is 0 Å². The average molecular weight is 376 g/mol. The molecule has 2 aromatic rings. The molecule has 2 aromatic heterocycles. The molecule has 0 N–H and O–H groups in total. The van der Waals surface area contributed by atoms with Crippen LogP contribution in [0, 0.1) is 12.3 Å². The van der Waals surface area contributed by atoms with Crippen molar-refractivity contribution in [1.29, 1.82) is 0 Å². The Hall–Kier alpha value is -1.40. The first kappa shape index (κ1) is 11.7. The van der Waals surface area contributed by atoms with Gasteiger partial charge in [0.15, 0.2) is 0 Å². The molecule has 0 aliphatic heterocycles. The van der Waals surface area contributed by atoms with E-state index in [-0.39, 0.29) is 22.4 Å². The minimum Gasteiger partial charge on any atom is -0.366 e. The van der Waals surface area contributed by atoms with Crippen LogP contribution in [0.25, 0.3) is 11.4 Å². The van der Waals surface area contributed by atoms with Gasteiger partial charge in [0.1, 0.15) is 0 Å². The summed E-state index contributed by atoms with van der Waals surface area (Å²) < 4.78 is 0. The molecule has 0 spiro atoms. The Morgan fingerprint density at radius 2 is 1.80 bits per heavy atom. The van der Waals surface area contributed by atoms with E-state index in [9.17, 15) is 0 Å². The van der Waals surface area contributed by atoms with E-state index in [0.717, 1.165) is 11.4 Å². The smallest absolute Gasteiger partial charge is 0.366 e. The van der Waals surface area contributed by atoms with Crippen molar-refractivity contribution in [1.82, 2.24) is 9.97 Å². The van der Waals surface area contributed by atoms with E-state index >= 15 is 0 Å². The van der Waals surface area contributed by atoms with E-state index < -0.39 is 0 Å². The molecule has 0 saturated carbocycles. The first-order chi connectivity index (χ1) is 6.90. The summed E-state index contributed by atoms with van der Waals surface area (Å²) >= 11 is 0. The number of hydrogen-bond donors (Lipinski definition) is 0. The van der Waals surface area contributed by atoms with Crippen molar-refractivity contribution < 1.29 is 22.4 Å². The minimum atomic E-state index is 0. The molecule has 15 heavy (non-hydrogen) atoms. The van der Waals surface area contributed by atoms with Gasteiger partial charge in [-0.05, 0) is 18.3 Å². The topological polar surface area (TPSA) is 25.8 Å². The summed E-state index contributed by atoms with van der Waals surface area (Å²) in [7, 11) is 0. The molecule has 3 heteroatoms. The fraction of sp³-hybridized carbons (Fsp3) is 0. The monoisotopic (exact) mass is 376 g/mol. The Balaban J connectivity index is 0.00000112. The number of nitrogens with zero attached hydrogens (tertiary/aromatic N) is 2. The largest absolute Gasteiger partial charge is 1.00 e. The van der Waals surface area contributed by atoms with Crippen molar-refractivity contribution in [3.63, 3.8) is 0 Å². The second-order valence-electron chi connectivity index (χ2n) is 2.77. The van der Waals surface area contributed by atoms with Crippen LogP contribution in [0.5, 0.6) is 0 Å². The molecule has 2 heterocycles. The van der Waals surface area contributed by atoms with Crippen LogP contribution >= 0.6 is 0 Å². The SMILES string of the molecule is [Au+].[C-]#Cc1ccc(-c2ccccn2)nc1. The van der Waals surface area contributed by atoms with Gasteiger partial charge in [0.25, 0.3) is 0 Å². The Labute approximate surface area is 104 Å². The fourth-order valence-electron chi connectivity index (χ4n) is 1.13. The molecular formula is C12H7AuN2. The molecule has 0 aliphatic carbocycles. The Kier molecular flexibility index (Phi) is 4.26. The van der Waals surface area contributed by atoms with Gasteiger partial charge >= 0.3 is 22.4 Å². The van der Waals surface area contributed by atoms with Gasteiger partial charge in [-0.15, -0.1) is 11.6 Å². The third-order valence-electron chi connectivity index (χ3n) is 1.84. The number of pyridine rings is 2. The molecule has 0 radical (unpaired) electrons. The van der Waals surface area contributed by atoms with Gasteiger partial charge in [0.2, 0.25) is 0 Å².